The number of hydrogen-bond acceptors (Lipinski definition) is 2. The van der Waals surface area contributed by atoms with Crippen molar-refractivity contribution in [2.45, 2.75) is 52.9 Å². The van der Waals surface area contributed by atoms with Crippen LogP contribution in [0.2, 0.25) is 0 Å². The van der Waals surface area contributed by atoms with E-state index in [-0.39, 0.29) is 5.91 Å². The highest BCUT2D eigenvalue weighted by Crippen LogP contribution is 2.03. The minimum atomic E-state index is -0.217. The van der Waals surface area contributed by atoms with Crippen LogP contribution in [0.5, 0.6) is 0 Å². The van der Waals surface area contributed by atoms with Crippen molar-refractivity contribution in [3.63, 3.8) is 0 Å². The first-order chi connectivity index (χ1) is 9.41. The minimum Gasteiger partial charge on any atom is -0.370 e. The molecule has 0 heterocycles. The lowest BCUT2D eigenvalue weighted by molar-refractivity contribution is -0.118. The highest BCUT2D eigenvalue weighted by atomic mass is 16.1. The fourth-order valence-electron chi connectivity index (χ4n) is 1.60. The molecule has 3 heteroatoms. The second kappa shape index (κ2) is 11.2. The summed E-state index contributed by atoms with van der Waals surface area (Å²) < 4.78 is 0. The number of rotatable bonds is 7. The van der Waals surface area contributed by atoms with E-state index in [2.05, 4.69) is 26.0 Å². The van der Waals surface area contributed by atoms with Gasteiger partial charge in [-0.2, -0.15) is 0 Å². The molecule has 0 aliphatic rings. The molecule has 1 aromatic rings. The summed E-state index contributed by atoms with van der Waals surface area (Å²) in [6.45, 7) is 5.90. The topological polar surface area (TPSA) is 60.2 Å². The fourth-order valence-corrected chi connectivity index (χ4v) is 1.60. The van der Waals surface area contributed by atoms with Crippen molar-refractivity contribution in [3.05, 3.63) is 35.9 Å². The zero-order valence-electron chi connectivity index (χ0n) is 12.9. The summed E-state index contributed by atoms with van der Waals surface area (Å²) in [7, 11) is 0. The smallest absolute Gasteiger partial charge is 0.217 e. The second-order valence-electron chi connectivity index (χ2n) is 5.44. The van der Waals surface area contributed by atoms with Crippen LogP contribution in [0.15, 0.2) is 30.3 Å². The minimum absolute atomic E-state index is 0.217. The average Bonchev–Trinajstić information content (AvgIpc) is 2.38. The molecule has 0 unspecified atom stereocenters. The molecule has 0 aliphatic heterocycles. The van der Waals surface area contributed by atoms with E-state index < -0.39 is 0 Å². The molecular formula is C17H27NO2. The van der Waals surface area contributed by atoms with Crippen LogP contribution in [0.4, 0.5) is 0 Å². The van der Waals surface area contributed by atoms with Crippen LogP contribution in [0.3, 0.4) is 0 Å². The Morgan fingerprint density at radius 3 is 2.10 bits per heavy atom. The monoisotopic (exact) mass is 277 g/mol. The van der Waals surface area contributed by atoms with Gasteiger partial charge in [0.15, 0.2) is 0 Å². The summed E-state index contributed by atoms with van der Waals surface area (Å²) in [6, 6.07) is 10.1. The van der Waals surface area contributed by atoms with Crippen molar-refractivity contribution in [3.8, 4) is 0 Å². The molecule has 0 aliphatic carbocycles. The number of hydrogen-bond donors (Lipinski definition) is 1. The van der Waals surface area contributed by atoms with Crippen molar-refractivity contribution in [2.24, 2.45) is 11.7 Å². The number of amides is 1. The number of aryl methyl sites for hydroxylation is 1. The molecule has 20 heavy (non-hydrogen) atoms. The van der Waals surface area contributed by atoms with Crippen LogP contribution in [0.25, 0.3) is 0 Å². The lowest BCUT2D eigenvalue weighted by Crippen LogP contribution is -2.10. The van der Waals surface area contributed by atoms with Gasteiger partial charge in [0.05, 0.1) is 0 Å². The summed E-state index contributed by atoms with van der Waals surface area (Å²) in [5.41, 5.74) is 6.28. The maximum absolute atomic E-state index is 10.4. The van der Waals surface area contributed by atoms with E-state index in [1.165, 1.54) is 5.56 Å². The van der Waals surface area contributed by atoms with Gasteiger partial charge in [-0.3, -0.25) is 4.79 Å². The molecule has 0 atom stereocenters. The molecule has 0 aromatic heterocycles. The van der Waals surface area contributed by atoms with Gasteiger partial charge in [-0.1, -0.05) is 44.2 Å². The number of benzene rings is 1. The van der Waals surface area contributed by atoms with Crippen LogP contribution < -0.4 is 5.73 Å². The van der Waals surface area contributed by atoms with Gasteiger partial charge in [-0.15, -0.1) is 0 Å². The summed E-state index contributed by atoms with van der Waals surface area (Å²) >= 11 is 0. The maximum Gasteiger partial charge on any atom is 0.217 e. The summed E-state index contributed by atoms with van der Waals surface area (Å²) in [4.78, 5) is 20.8. The predicted octanol–water partition coefficient (Wildman–Crippen LogP) is 3.51. The van der Waals surface area contributed by atoms with Crippen LogP contribution in [0, 0.1) is 5.92 Å². The van der Waals surface area contributed by atoms with Crippen LogP contribution in [-0.2, 0) is 16.0 Å². The molecule has 2 N–H and O–H groups in total. The Bertz CT molecular complexity index is 385. The van der Waals surface area contributed by atoms with Crippen LogP contribution in [0.1, 0.15) is 52.0 Å². The average molecular weight is 277 g/mol. The van der Waals surface area contributed by atoms with Gasteiger partial charge in [-0.05, 0) is 37.7 Å². The third kappa shape index (κ3) is 12.8. The molecule has 1 rings (SSSR count). The van der Waals surface area contributed by atoms with E-state index in [4.69, 9.17) is 5.73 Å². The zero-order chi connectivity index (χ0) is 15.4. The fraction of sp³-hybridized carbons (Fsp3) is 0.529. The first kappa shape index (κ1) is 18.4. The first-order valence-corrected chi connectivity index (χ1v) is 7.23. The summed E-state index contributed by atoms with van der Waals surface area (Å²) in [5.74, 6) is 0.753. The summed E-state index contributed by atoms with van der Waals surface area (Å²) in [5, 5.41) is 0. The van der Waals surface area contributed by atoms with Crippen molar-refractivity contribution < 1.29 is 9.59 Å². The number of carbonyl (C=O) groups excluding carboxylic acids is 2. The Morgan fingerprint density at radius 1 is 1.10 bits per heavy atom. The van der Waals surface area contributed by atoms with Crippen molar-refractivity contribution in [1.29, 1.82) is 0 Å². The Kier molecular flexibility index (Phi) is 10.3. The van der Waals surface area contributed by atoms with Gasteiger partial charge in [0.2, 0.25) is 5.91 Å². The molecule has 0 radical (unpaired) electrons. The molecule has 0 saturated heterocycles. The molecular weight excluding hydrogens is 250 g/mol. The van der Waals surface area contributed by atoms with Crippen molar-refractivity contribution >= 4 is 11.7 Å². The highest BCUT2D eigenvalue weighted by molar-refractivity contribution is 5.75. The van der Waals surface area contributed by atoms with Crippen LogP contribution >= 0.6 is 0 Å². The Morgan fingerprint density at radius 2 is 1.70 bits per heavy atom. The quantitative estimate of drug-likeness (QED) is 0.829. The van der Waals surface area contributed by atoms with Crippen molar-refractivity contribution in [2.75, 3.05) is 0 Å². The van der Waals surface area contributed by atoms with Gasteiger partial charge >= 0.3 is 0 Å². The van der Waals surface area contributed by atoms with E-state index in [9.17, 15) is 9.59 Å². The lowest BCUT2D eigenvalue weighted by atomic mass is 10.1. The Labute approximate surface area is 122 Å². The molecule has 0 saturated carbocycles. The van der Waals surface area contributed by atoms with Crippen molar-refractivity contribution in [1.82, 2.24) is 0 Å². The molecule has 1 aromatic carbocycles. The number of primary amides is 1. The highest BCUT2D eigenvalue weighted by Gasteiger charge is 1.96. The lowest BCUT2D eigenvalue weighted by Gasteiger charge is -1.98. The van der Waals surface area contributed by atoms with E-state index in [1.807, 2.05) is 18.2 Å². The SMILES string of the molecule is CC(=O)CCC(C)C.NC(=O)CCCc1ccccc1. The van der Waals surface area contributed by atoms with E-state index in [0.717, 1.165) is 25.7 Å². The Balaban J connectivity index is 0.000000396. The second-order valence-corrected chi connectivity index (χ2v) is 5.44. The molecule has 3 nitrogen and oxygen atoms in total. The van der Waals surface area contributed by atoms with Crippen LogP contribution in [-0.4, -0.2) is 11.7 Å². The third-order valence-electron chi connectivity index (χ3n) is 2.81. The predicted molar refractivity (Wildman–Crippen MR) is 83.3 cm³/mol. The normalized spacial score (nSPS) is 9.80. The molecule has 0 bridgehead atoms. The van der Waals surface area contributed by atoms with Gasteiger partial charge in [0, 0.05) is 12.8 Å². The molecule has 0 fully saturated rings. The number of Topliss-reactive ketones (excluding diaryl/α,β-unsaturated/α-hetero) is 1. The number of carbonyl (C=O) groups is 2. The zero-order valence-corrected chi connectivity index (χ0v) is 12.9. The summed E-state index contributed by atoms with van der Waals surface area (Å²) in [6.07, 6.45) is 4.05. The van der Waals surface area contributed by atoms with Gasteiger partial charge in [0.25, 0.3) is 0 Å². The van der Waals surface area contributed by atoms with E-state index in [0.29, 0.717) is 18.1 Å². The van der Waals surface area contributed by atoms with E-state index >= 15 is 0 Å². The number of ketones is 1. The first-order valence-electron chi connectivity index (χ1n) is 7.23. The largest absolute Gasteiger partial charge is 0.370 e. The Hall–Kier alpha value is -1.64. The third-order valence-corrected chi connectivity index (χ3v) is 2.81. The molecule has 0 spiro atoms. The number of nitrogens with two attached hydrogens (primary N) is 1. The van der Waals surface area contributed by atoms with Gasteiger partial charge in [0.1, 0.15) is 5.78 Å². The maximum atomic E-state index is 10.4. The molecule has 1 amide bonds. The van der Waals surface area contributed by atoms with Gasteiger partial charge in [-0.25, -0.2) is 0 Å². The van der Waals surface area contributed by atoms with Gasteiger partial charge < -0.3 is 10.5 Å². The molecule has 112 valence electrons. The van der Waals surface area contributed by atoms with E-state index in [1.54, 1.807) is 6.92 Å². The standard InChI is InChI=1S/C10H13NO.C7H14O/c11-10(12)8-4-7-9-5-2-1-3-6-9;1-6(2)4-5-7(3)8/h1-3,5-6H,4,7-8H2,(H2,11,12);6H,4-5H2,1-3H3.